The zero-order chi connectivity index (χ0) is 25.6. The minimum atomic E-state index is -1.29. The third-order valence-corrected chi connectivity index (χ3v) is 3.73. The van der Waals surface area contributed by atoms with Crippen LogP contribution in [-0.2, 0) is 32.0 Å². The SMILES string of the molecule is NC(CC(=O)O)C(=O)O.NC(Cc1ccc(O)cc1)C(=O)O.NC(Cc1cnc[nH]1)C(=O)O. The van der Waals surface area contributed by atoms with Gasteiger partial charge in [-0.1, -0.05) is 12.1 Å². The summed E-state index contributed by atoms with van der Waals surface area (Å²) in [5.41, 5.74) is 17.0. The predicted octanol–water partition coefficient (Wildman–Crippen LogP) is -1.42. The van der Waals surface area contributed by atoms with E-state index in [1.807, 2.05) is 0 Å². The van der Waals surface area contributed by atoms with Crippen molar-refractivity contribution in [3.05, 3.63) is 48.0 Å². The molecule has 1 heterocycles. The molecule has 33 heavy (non-hydrogen) atoms. The lowest BCUT2D eigenvalue weighted by atomic mass is 10.1. The van der Waals surface area contributed by atoms with Crippen molar-refractivity contribution in [3.63, 3.8) is 0 Å². The van der Waals surface area contributed by atoms with E-state index in [-0.39, 0.29) is 18.6 Å². The number of aromatic hydroxyl groups is 1. The molecule has 1 aromatic heterocycles. The Balaban J connectivity index is 0.000000475. The number of aromatic nitrogens is 2. The fraction of sp³-hybridized carbons (Fsp3) is 0.316. The first-order valence-electron chi connectivity index (χ1n) is 9.25. The maximum absolute atomic E-state index is 10.4. The van der Waals surface area contributed by atoms with Crippen LogP contribution in [0.1, 0.15) is 17.7 Å². The van der Waals surface area contributed by atoms with Crippen LogP contribution in [0.2, 0.25) is 0 Å². The first-order valence-corrected chi connectivity index (χ1v) is 9.25. The van der Waals surface area contributed by atoms with Gasteiger partial charge >= 0.3 is 23.9 Å². The molecule has 0 spiro atoms. The van der Waals surface area contributed by atoms with Gasteiger partial charge in [-0.25, -0.2) is 4.98 Å². The van der Waals surface area contributed by atoms with Crippen LogP contribution >= 0.6 is 0 Å². The molecule has 1 aromatic carbocycles. The fourth-order valence-electron chi connectivity index (χ4n) is 1.97. The molecule has 0 aliphatic heterocycles. The zero-order valence-corrected chi connectivity index (χ0v) is 17.4. The Morgan fingerprint density at radius 2 is 1.30 bits per heavy atom. The van der Waals surface area contributed by atoms with Gasteiger partial charge in [0.25, 0.3) is 0 Å². The summed E-state index contributed by atoms with van der Waals surface area (Å²) in [7, 11) is 0. The van der Waals surface area contributed by atoms with Crippen molar-refractivity contribution in [2.45, 2.75) is 37.4 Å². The second-order valence-electron chi connectivity index (χ2n) is 6.58. The monoisotopic (exact) mass is 469 g/mol. The zero-order valence-electron chi connectivity index (χ0n) is 17.4. The number of phenolic OH excluding ortho intramolecular Hbond substituents is 1. The number of hydrogen-bond acceptors (Lipinski definition) is 9. The molecule has 0 amide bonds. The maximum atomic E-state index is 10.4. The van der Waals surface area contributed by atoms with Gasteiger partial charge in [-0.3, -0.25) is 19.2 Å². The molecular weight excluding hydrogens is 442 g/mol. The number of aromatic amines is 1. The number of carbonyl (C=O) groups is 4. The first-order chi connectivity index (χ1) is 15.3. The van der Waals surface area contributed by atoms with Gasteiger partial charge in [0.1, 0.15) is 23.9 Å². The number of carboxylic acid groups (broad SMARTS) is 4. The van der Waals surface area contributed by atoms with Crippen LogP contribution in [0, 0.1) is 0 Å². The van der Waals surface area contributed by atoms with Gasteiger partial charge in [0.2, 0.25) is 0 Å². The van der Waals surface area contributed by atoms with E-state index in [9.17, 15) is 19.2 Å². The minimum absolute atomic E-state index is 0.160. The molecule has 2 aromatic rings. The van der Waals surface area contributed by atoms with E-state index in [1.54, 1.807) is 18.3 Å². The van der Waals surface area contributed by atoms with Gasteiger partial charge in [-0.2, -0.15) is 0 Å². The lowest BCUT2D eigenvalue weighted by molar-refractivity contribution is -0.144. The smallest absolute Gasteiger partial charge is 0.321 e. The lowest BCUT2D eigenvalue weighted by Gasteiger charge is -2.05. The third-order valence-electron chi connectivity index (χ3n) is 3.73. The highest BCUT2D eigenvalue weighted by Crippen LogP contribution is 2.10. The van der Waals surface area contributed by atoms with Crippen molar-refractivity contribution in [1.29, 1.82) is 0 Å². The summed E-state index contributed by atoms with van der Waals surface area (Å²) >= 11 is 0. The molecule has 0 saturated carbocycles. The Morgan fingerprint density at radius 3 is 1.67 bits per heavy atom. The second-order valence-corrected chi connectivity index (χ2v) is 6.58. The average molecular weight is 469 g/mol. The van der Waals surface area contributed by atoms with Crippen LogP contribution in [0.3, 0.4) is 0 Å². The van der Waals surface area contributed by atoms with E-state index in [2.05, 4.69) is 9.97 Å². The van der Waals surface area contributed by atoms with Crippen molar-refractivity contribution in [3.8, 4) is 5.75 Å². The summed E-state index contributed by atoms with van der Waals surface area (Å²) in [4.78, 5) is 46.8. The van der Waals surface area contributed by atoms with Crippen LogP contribution < -0.4 is 17.2 Å². The number of carboxylic acids is 4. The van der Waals surface area contributed by atoms with E-state index in [0.717, 1.165) is 11.3 Å². The van der Waals surface area contributed by atoms with Gasteiger partial charge in [0, 0.05) is 18.3 Å². The maximum Gasteiger partial charge on any atom is 0.321 e. The van der Waals surface area contributed by atoms with E-state index in [4.69, 9.17) is 42.7 Å². The molecule has 0 saturated heterocycles. The number of phenols is 1. The van der Waals surface area contributed by atoms with Crippen LogP contribution in [0.5, 0.6) is 5.75 Å². The molecule has 3 unspecified atom stereocenters. The molecule has 12 N–H and O–H groups in total. The Morgan fingerprint density at radius 1 is 0.818 bits per heavy atom. The van der Waals surface area contributed by atoms with Crippen molar-refractivity contribution in [1.82, 2.24) is 9.97 Å². The molecule has 2 rings (SSSR count). The summed E-state index contributed by atoms with van der Waals surface area (Å²) in [5.74, 6) is -4.36. The quantitative estimate of drug-likeness (QED) is 0.204. The fourth-order valence-corrected chi connectivity index (χ4v) is 1.97. The van der Waals surface area contributed by atoms with Crippen molar-refractivity contribution in [2.24, 2.45) is 17.2 Å². The number of rotatable bonds is 9. The first kappa shape index (κ1) is 29.0. The normalized spacial score (nSPS) is 12.6. The van der Waals surface area contributed by atoms with E-state index in [0.29, 0.717) is 0 Å². The summed E-state index contributed by atoms with van der Waals surface area (Å²) in [6.07, 6.45) is 3.08. The van der Waals surface area contributed by atoms with Crippen LogP contribution in [0.4, 0.5) is 0 Å². The molecular formula is C19H27N5O9. The van der Waals surface area contributed by atoms with Gasteiger partial charge < -0.3 is 47.7 Å². The number of benzene rings is 1. The minimum Gasteiger partial charge on any atom is -0.508 e. The Kier molecular flexibility index (Phi) is 13.1. The summed E-state index contributed by atoms with van der Waals surface area (Å²) in [6, 6.07) is 3.28. The van der Waals surface area contributed by atoms with E-state index in [1.165, 1.54) is 18.5 Å². The molecule has 0 aliphatic rings. The summed E-state index contributed by atoms with van der Waals surface area (Å²) in [6.45, 7) is 0. The number of nitrogens with zero attached hydrogens (tertiary/aromatic N) is 1. The largest absolute Gasteiger partial charge is 0.508 e. The van der Waals surface area contributed by atoms with Crippen molar-refractivity contribution in [2.75, 3.05) is 0 Å². The number of nitrogens with two attached hydrogens (primary N) is 3. The lowest BCUT2D eigenvalue weighted by Crippen LogP contribution is -2.32. The molecule has 0 bridgehead atoms. The molecule has 0 fully saturated rings. The third kappa shape index (κ3) is 13.8. The van der Waals surface area contributed by atoms with Crippen LogP contribution in [0.15, 0.2) is 36.8 Å². The molecule has 14 heteroatoms. The standard InChI is InChI=1S/C9H11NO3.C6H9N3O2.C4H7NO4/c10-8(9(12)13)5-6-1-3-7(11)4-2-6;7-5(6(10)11)1-4-2-8-3-9-4;5-2(4(8)9)1-3(6)7/h1-4,8,11H,5,10H2,(H,12,13);2-3,5H,1,7H2,(H,8,9)(H,10,11);2H,1,5H2,(H,6,7)(H,8,9). The highest BCUT2D eigenvalue weighted by molar-refractivity contribution is 5.80. The number of aliphatic carboxylic acids is 4. The Bertz CT molecular complexity index is 888. The van der Waals surface area contributed by atoms with Crippen molar-refractivity contribution >= 4 is 23.9 Å². The summed E-state index contributed by atoms with van der Waals surface area (Å²) in [5, 5.41) is 41.9. The Hall–Kier alpha value is -4.01. The van der Waals surface area contributed by atoms with Gasteiger partial charge in [-0.15, -0.1) is 0 Å². The molecule has 0 aliphatic carbocycles. The van der Waals surface area contributed by atoms with E-state index >= 15 is 0 Å². The van der Waals surface area contributed by atoms with Crippen LogP contribution in [-0.4, -0.2) is 77.5 Å². The number of hydrogen-bond donors (Lipinski definition) is 9. The summed E-state index contributed by atoms with van der Waals surface area (Å²) < 4.78 is 0. The molecule has 14 nitrogen and oxygen atoms in total. The predicted molar refractivity (Wildman–Crippen MR) is 113 cm³/mol. The Labute approximate surface area is 187 Å². The number of imidazole rings is 1. The molecule has 0 radical (unpaired) electrons. The van der Waals surface area contributed by atoms with E-state index < -0.39 is 48.4 Å². The highest BCUT2D eigenvalue weighted by Gasteiger charge is 2.14. The topological polar surface area (TPSA) is 276 Å². The molecule has 3 atom stereocenters. The van der Waals surface area contributed by atoms with Gasteiger partial charge in [0.15, 0.2) is 0 Å². The number of H-pyrrole nitrogens is 1. The van der Waals surface area contributed by atoms with Gasteiger partial charge in [-0.05, 0) is 24.1 Å². The van der Waals surface area contributed by atoms with Crippen LogP contribution in [0.25, 0.3) is 0 Å². The average Bonchev–Trinajstić information content (AvgIpc) is 3.23. The van der Waals surface area contributed by atoms with Crippen molar-refractivity contribution < 1.29 is 44.7 Å². The highest BCUT2D eigenvalue weighted by atomic mass is 16.4. The second kappa shape index (κ2) is 14.9. The molecule has 182 valence electrons. The van der Waals surface area contributed by atoms with Gasteiger partial charge in [0.05, 0.1) is 12.7 Å². The number of nitrogens with one attached hydrogen (secondary N) is 1.